The van der Waals surface area contributed by atoms with Gasteiger partial charge in [-0.2, -0.15) is 0 Å². The Balaban J connectivity index is 2.08. The number of amides is 1. The number of nitrogens with zero attached hydrogens (tertiary/aromatic N) is 1. The molecule has 0 bridgehead atoms. The molecule has 26 heavy (non-hydrogen) atoms. The zero-order valence-corrected chi connectivity index (χ0v) is 14.1. The molecule has 2 rings (SSSR count). The fourth-order valence-electron chi connectivity index (χ4n) is 2.38. The lowest BCUT2D eigenvalue weighted by atomic mass is 10.0. The van der Waals surface area contributed by atoms with Crippen LogP contribution in [0.1, 0.15) is 5.56 Å². The van der Waals surface area contributed by atoms with Gasteiger partial charge in [0.25, 0.3) is 12.2 Å². The summed E-state index contributed by atoms with van der Waals surface area (Å²) in [5.74, 6) is -2.52. The summed E-state index contributed by atoms with van der Waals surface area (Å²) in [6.07, 6.45) is -1.46. The molecule has 1 amide bonds. The SMILES string of the molecule is O=COC(OCc1ccc([N+](=O)[O-])cc1)C1C(=O)NC1S(=O)(=O)CCO. The number of ether oxygens (including phenoxy) is 2. The second-order valence-electron chi connectivity index (χ2n) is 5.38. The standard InChI is InChI=1S/C14H16N2O9S/c17-5-6-26(22,23)13-11(12(19)15-13)14(25-8-18)24-7-9-1-3-10(4-2-9)16(20)21/h1-4,8,11,13-14,17H,5-7H2,(H,15,19). The number of sulfone groups is 1. The summed E-state index contributed by atoms with van der Waals surface area (Å²) in [4.78, 5) is 32.5. The van der Waals surface area contributed by atoms with Crippen molar-refractivity contribution >= 4 is 27.9 Å². The molecule has 1 aromatic rings. The number of carbonyl (C=O) groups excluding carboxylic acids is 2. The number of carbonyl (C=O) groups is 2. The normalized spacial score (nSPS) is 20.6. The van der Waals surface area contributed by atoms with Gasteiger partial charge in [0.2, 0.25) is 12.2 Å². The van der Waals surface area contributed by atoms with Gasteiger partial charge in [-0.15, -0.1) is 0 Å². The van der Waals surface area contributed by atoms with Crippen LogP contribution in [0.4, 0.5) is 5.69 Å². The van der Waals surface area contributed by atoms with Gasteiger partial charge in [-0.05, 0) is 17.7 Å². The zero-order chi connectivity index (χ0) is 19.3. The first-order valence-corrected chi connectivity index (χ1v) is 9.08. The maximum atomic E-state index is 12.0. The van der Waals surface area contributed by atoms with E-state index in [1.54, 1.807) is 0 Å². The molecule has 0 spiro atoms. The minimum Gasteiger partial charge on any atom is -0.437 e. The molecule has 1 aliphatic rings. The Morgan fingerprint density at radius 1 is 1.35 bits per heavy atom. The first-order valence-electron chi connectivity index (χ1n) is 7.37. The fraction of sp³-hybridized carbons (Fsp3) is 0.429. The van der Waals surface area contributed by atoms with Gasteiger partial charge < -0.3 is 19.9 Å². The monoisotopic (exact) mass is 388 g/mol. The van der Waals surface area contributed by atoms with Crippen molar-refractivity contribution in [2.75, 3.05) is 12.4 Å². The molecule has 0 radical (unpaired) electrons. The largest absolute Gasteiger partial charge is 0.437 e. The third kappa shape index (κ3) is 4.33. The number of hydrogen-bond donors (Lipinski definition) is 2. The predicted octanol–water partition coefficient (Wildman–Crippen LogP) is -0.910. The lowest BCUT2D eigenvalue weighted by Gasteiger charge is -2.39. The van der Waals surface area contributed by atoms with Crippen molar-refractivity contribution in [2.45, 2.75) is 18.3 Å². The van der Waals surface area contributed by atoms with E-state index in [1.165, 1.54) is 24.3 Å². The summed E-state index contributed by atoms with van der Waals surface area (Å²) in [7, 11) is -3.85. The van der Waals surface area contributed by atoms with E-state index in [2.05, 4.69) is 5.32 Å². The zero-order valence-electron chi connectivity index (χ0n) is 13.3. The fourth-order valence-corrected chi connectivity index (χ4v) is 3.88. The molecule has 1 aromatic carbocycles. The van der Waals surface area contributed by atoms with E-state index in [-0.39, 0.29) is 18.8 Å². The smallest absolute Gasteiger partial charge is 0.295 e. The van der Waals surface area contributed by atoms with Crippen LogP contribution in [-0.2, 0) is 35.5 Å². The van der Waals surface area contributed by atoms with Crippen LogP contribution in [0.3, 0.4) is 0 Å². The third-order valence-electron chi connectivity index (χ3n) is 3.72. The summed E-state index contributed by atoms with van der Waals surface area (Å²) in [5.41, 5.74) is 0.368. The van der Waals surface area contributed by atoms with Crippen LogP contribution in [0.25, 0.3) is 0 Å². The van der Waals surface area contributed by atoms with Crippen LogP contribution in [0.2, 0.25) is 0 Å². The second kappa shape index (κ2) is 8.21. The van der Waals surface area contributed by atoms with Gasteiger partial charge >= 0.3 is 0 Å². The second-order valence-corrected chi connectivity index (χ2v) is 7.62. The highest BCUT2D eigenvalue weighted by atomic mass is 32.2. The molecule has 3 atom stereocenters. The number of rotatable bonds is 10. The van der Waals surface area contributed by atoms with Crippen molar-refractivity contribution in [3.63, 3.8) is 0 Å². The molecule has 12 heteroatoms. The third-order valence-corrected chi connectivity index (χ3v) is 5.66. The number of benzene rings is 1. The molecule has 142 valence electrons. The summed E-state index contributed by atoms with van der Waals surface area (Å²) >= 11 is 0. The quantitative estimate of drug-likeness (QED) is 0.170. The van der Waals surface area contributed by atoms with E-state index in [1.807, 2.05) is 0 Å². The summed E-state index contributed by atoms with van der Waals surface area (Å²) in [5, 5.41) is 20.3. The Labute approximate surface area is 148 Å². The van der Waals surface area contributed by atoms with E-state index < -0.39 is 50.6 Å². The van der Waals surface area contributed by atoms with Gasteiger partial charge in [0, 0.05) is 12.1 Å². The molecule has 1 saturated heterocycles. The maximum Gasteiger partial charge on any atom is 0.295 e. The first-order chi connectivity index (χ1) is 12.3. The van der Waals surface area contributed by atoms with Crippen molar-refractivity contribution in [1.82, 2.24) is 5.32 Å². The molecular formula is C14H16N2O9S. The molecule has 2 N–H and O–H groups in total. The van der Waals surface area contributed by atoms with Crippen molar-refractivity contribution in [1.29, 1.82) is 0 Å². The van der Waals surface area contributed by atoms with Crippen LogP contribution in [-0.4, -0.2) is 54.9 Å². The predicted molar refractivity (Wildman–Crippen MR) is 85.1 cm³/mol. The van der Waals surface area contributed by atoms with Crippen LogP contribution < -0.4 is 5.32 Å². The lowest BCUT2D eigenvalue weighted by molar-refractivity contribution is -0.384. The number of β-lactam (4-membered cyclic amide) rings is 1. The van der Waals surface area contributed by atoms with Gasteiger partial charge in [-0.1, -0.05) is 0 Å². The highest BCUT2D eigenvalue weighted by Gasteiger charge is 2.53. The Bertz CT molecular complexity index is 778. The highest BCUT2D eigenvalue weighted by molar-refractivity contribution is 7.92. The molecular weight excluding hydrogens is 372 g/mol. The minimum absolute atomic E-state index is 0.0296. The van der Waals surface area contributed by atoms with Crippen molar-refractivity contribution in [3.8, 4) is 0 Å². The van der Waals surface area contributed by atoms with Crippen LogP contribution in [0.15, 0.2) is 24.3 Å². The molecule has 0 saturated carbocycles. The molecule has 3 unspecified atom stereocenters. The molecule has 1 heterocycles. The Hall–Kier alpha value is -2.57. The molecule has 1 fully saturated rings. The summed E-state index contributed by atoms with van der Waals surface area (Å²) in [6, 6.07) is 5.32. The Morgan fingerprint density at radius 3 is 2.50 bits per heavy atom. The lowest BCUT2D eigenvalue weighted by Crippen LogP contribution is -2.66. The highest BCUT2D eigenvalue weighted by Crippen LogP contribution is 2.27. The van der Waals surface area contributed by atoms with E-state index >= 15 is 0 Å². The van der Waals surface area contributed by atoms with Gasteiger partial charge in [0.15, 0.2) is 9.84 Å². The Morgan fingerprint density at radius 2 is 2.00 bits per heavy atom. The maximum absolute atomic E-state index is 12.0. The van der Waals surface area contributed by atoms with Crippen molar-refractivity contribution < 1.29 is 37.5 Å². The van der Waals surface area contributed by atoms with E-state index in [0.717, 1.165) is 0 Å². The Kier molecular flexibility index (Phi) is 6.23. The number of nitro groups is 1. The first kappa shape index (κ1) is 19.8. The van der Waals surface area contributed by atoms with Crippen LogP contribution in [0.5, 0.6) is 0 Å². The number of non-ortho nitro benzene ring substituents is 1. The van der Waals surface area contributed by atoms with E-state index in [9.17, 15) is 28.1 Å². The average molecular weight is 388 g/mol. The average Bonchev–Trinajstić information content (AvgIpc) is 2.57. The van der Waals surface area contributed by atoms with Gasteiger partial charge in [0.05, 0.1) is 23.9 Å². The molecule has 11 nitrogen and oxygen atoms in total. The van der Waals surface area contributed by atoms with Gasteiger partial charge in [-0.25, -0.2) is 8.42 Å². The number of nitrogens with one attached hydrogen (secondary N) is 1. The van der Waals surface area contributed by atoms with Gasteiger partial charge in [-0.3, -0.25) is 19.7 Å². The molecule has 0 aromatic heterocycles. The molecule has 1 aliphatic heterocycles. The number of nitro benzene ring substituents is 1. The summed E-state index contributed by atoms with van der Waals surface area (Å²) < 4.78 is 34.1. The summed E-state index contributed by atoms with van der Waals surface area (Å²) in [6.45, 7) is -0.765. The number of aliphatic hydroxyl groups excluding tert-OH is 1. The van der Waals surface area contributed by atoms with Crippen LogP contribution in [0, 0.1) is 16.0 Å². The van der Waals surface area contributed by atoms with Crippen molar-refractivity contribution in [2.24, 2.45) is 5.92 Å². The molecule has 0 aliphatic carbocycles. The van der Waals surface area contributed by atoms with E-state index in [4.69, 9.17) is 14.6 Å². The van der Waals surface area contributed by atoms with Gasteiger partial charge in [0.1, 0.15) is 11.3 Å². The van der Waals surface area contributed by atoms with Crippen molar-refractivity contribution in [3.05, 3.63) is 39.9 Å². The minimum atomic E-state index is -3.85. The number of hydrogen-bond acceptors (Lipinski definition) is 9. The topological polar surface area (TPSA) is 162 Å². The number of aliphatic hydroxyl groups is 1. The van der Waals surface area contributed by atoms with E-state index in [0.29, 0.717) is 5.56 Å². The van der Waals surface area contributed by atoms with Crippen LogP contribution >= 0.6 is 0 Å².